The van der Waals surface area contributed by atoms with Crippen molar-refractivity contribution >= 4 is 17.5 Å². The van der Waals surface area contributed by atoms with Crippen LogP contribution in [0.25, 0.3) is 11.4 Å². The minimum atomic E-state index is -1.06. The molecule has 2 N–H and O–H groups in total. The van der Waals surface area contributed by atoms with Crippen molar-refractivity contribution in [2.24, 2.45) is 5.92 Å². The highest BCUT2D eigenvalue weighted by Gasteiger charge is 2.68. The van der Waals surface area contributed by atoms with Crippen LogP contribution in [0.3, 0.4) is 0 Å². The molecule has 0 saturated heterocycles. The first-order valence-corrected chi connectivity index (χ1v) is 7.92. The van der Waals surface area contributed by atoms with Crippen LogP contribution in [0.15, 0.2) is 36.7 Å². The van der Waals surface area contributed by atoms with Crippen LogP contribution in [-0.2, 0) is 4.79 Å². The van der Waals surface area contributed by atoms with Gasteiger partial charge in [0.15, 0.2) is 5.82 Å². The summed E-state index contributed by atoms with van der Waals surface area (Å²) < 4.78 is 0. The van der Waals surface area contributed by atoms with Gasteiger partial charge in [-0.25, -0.2) is 15.4 Å². The molecule has 1 saturated carbocycles. The van der Waals surface area contributed by atoms with Gasteiger partial charge in [0.25, 0.3) is 5.91 Å². The molecule has 120 valence electrons. The van der Waals surface area contributed by atoms with E-state index in [0.29, 0.717) is 5.82 Å². The number of aromatic nitrogens is 2. The van der Waals surface area contributed by atoms with Gasteiger partial charge in [0.1, 0.15) is 4.87 Å². The van der Waals surface area contributed by atoms with Crippen LogP contribution in [-0.4, -0.2) is 26.0 Å². The number of carbonyl (C=O) groups excluding carboxylic acids is 1. The van der Waals surface area contributed by atoms with Gasteiger partial charge in [-0.3, -0.25) is 10.0 Å². The number of nitrogens with zero attached hydrogens (tertiary/aromatic N) is 2. The second-order valence-electron chi connectivity index (χ2n) is 5.91. The standard InChI is InChI=1S/C17H18ClN3O2/c1-3-13-14(17(13,18)16(22)21-23)11-4-6-12(7-5-11)15-19-8-10(2)9-20-15/h4-9,13-14,23H,3H2,1-2H3,(H,21,22). The minimum absolute atomic E-state index is 0.0118. The highest BCUT2D eigenvalue weighted by Crippen LogP contribution is 2.63. The molecule has 23 heavy (non-hydrogen) atoms. The summed E-state index contributed by atoms with van der Waals surface area (Å²) >= 11 is 6.44. The van der Waals surface area contributed by atoms with E-state index in [1.54, 1.807) is 17.9 Å². The Morgan fingerprint density at radius 3 is 2.43 bits per heavy atom. The van der Waals surface area contributed by atoms with E-state index in [2.05, 4.69) is 9.97 Å². The SMILES string of the molecule is CCC1C(c2ccc(-c3ncc(C)cn3)cc2)C1(Cl)C(=O)NO. The average molecular weight is 332 g/mol. The molecular formula is C17H18ClN3O2. The average Bonchev–Trinajstić information content (AvgIpc) is 3.21. The summed E-state index contributed by atoms with van der Waals surface area (Å²) in [5.74, 6) is 0.0317. The highest BCUT2D eigenvalue weighted by molar-refractivity contribution is 6.38. The Kier molecular flexibility index (Phi) is 4.08. The molecule has 1 aromatic carbocycles. The van der Waals surface area contributed by atoms with Gasteiger partial charge in [-0.15, -0.1) is 11.6 Å². The quantitative estimate of drug-likeness (QED) is 0.513. The summed E-state index contributed by atoms with van der Waals surface area (Å²) in [6.45, 7) is 3.93. The van der Waals surface area contributed by atoms with Crippen LogP contribution in [0.1, 0.15) is 30.4 Å². The molecule has 2 aromatic rings. The molecule has 1 aliphatic carbocycles. The summed E-state index contributed by atoms with van der Waals surface area (Å²) in [5.41, 5.74) is 4.58. The van der Waals surface area contributed by atoms with Crippen molar-refractivity contribution in [1.82, 2.24) is 15.4 Å². The fourth-order valence-corrected chi connectivity index (χ4v) is 3.75. The summed E-state index contributed by atoms with van der Waals surface area (Å²) in [7, 11) is 0. The summed E-state index contributed by atoms with van der Waals surface area (Å²) in [6.07, 6.45) is 4.32. The lowest BCUT2D eigenvalue weighted by atomic mass is 10.0. The molecule has 0 aliphatic heterocycles. The molecular weight excluding hydrogens is 314 g/mol. The largest absolute Gasteiger partial charge is 0.289 e. The number of alkyl halides is 1. The van der Waals surface area contributed by atoms with Gasteiger partial charge in [0.2, 0.25) is 0 Å². The maximum atomic E-state index is 11.9. The predicted molar refractivity (Wildman–Crippen MR) is 87.2 cm³/mol. The van der Waals surface area contributed by atoms with Crippen LogP contribution < -0.4 is 5.48 Å². The van der Waals surface area contributed by atoms with Crippen molar-refractivity contribution in [3.63, 3.8) is 0 Å². The van der Waals surface area contributed by atoms with Crippen molar-refractivity contribution in [1.29, 1.82) is 0 Å². The van der Waals surface area contributed by atoms with Crippen molar-refractivity contribution in [2.45, 2.75) is 31.1 Å². The molecule has 0 radical (unpaired) electrons. The molecule has 3 rings (SSSR count). The Bertz CT molecular complexity index is 718. The Labute approximate surface area is 139 Å². The van der Waals surface area contributed by atoms with Gasteiger partial charge >= 0.3 is 0 Å². The molecule has 0 spiro atoms. The zero-order valence-corrected chi connectivity index (χ0v) is 13.7. The Morgan fingerprint density at radius 2 is 1.91 bits per heavy atom. The zero-order chi connectivity index (χ0) is 16.6. The van der Waals surface area contributed by atoms with Gasteiger partial charge < -0.3 is 0 Å². The number of hydrogen-bond acceptors (Lipinski definition) is 4. The summed E-state index contributed by atoms with van der Waals surface area (Å²) in [4.78, 5) is 19.4. The fourth-order valence-electron chi connectivity index (χ4n) is 3.21. The van der Waals surface area contributed by atoms with Crippen molar-refractivity contribution in [3.8, 4) is 11.4 Å². The molecule has 1 aromatic heterocycles. The molecule has 5 nitrogen and oxygen atoms in total. The smallest absolute Gasteiger partial charge is 0.265 e. The van der Waals surface area contributed by atoms with Crippen molar-refractivity contribution < 1.29 is 10.0 Å². The van der Waals surface area contributed by atoms with Gasteiger partial charge in [0, 0.05) is 23.9 Å². The number of aryl methyl sites for hydroxylation is 1. The van der Waals surface area contributed by atoms with Crippen LogP contribution in [0.4, 0.5) is 0 Å². The number of hydrogen-bond donors (Lipinski definition) is 2. The topological polar surface area (TPSA) is 75.1 Å². The lowest BCUT2D eigenvalue weighted by Crippen LogP contribution is -2.32. The normalized spacial score (nSPS) is 25.9. The van der Waals surface area contributed by atoms with E-state index >= 15 is 0 Å². The third-order valence-corrected chi connectivity index (χ3v) is 5.17. The maximum absolute atomic E-state index is 11.9. The first-order chi connectivity index (χ1) is 11.0. The molecule has 3 unspecified atom stereocenters. The Morgan fingerprint density at radius 1 is 1.30 bits per heavy atom. The molecule has 1 amide bonds. The van der Waals surface area contributed by atoms with E-state index in [0.717, 1.165) is 23.1 Å². The van der Waals surface area contributed by atoms with Crippen LogP contribution in [0.2, 0.25) is 0 Å². The molecule has 1 fully saturated rings. The maximum Gasteiger partial charge on any atom is 0.265 e. The molecule has 3 atom stereocenters. The number of halogens is 1. The molecule has 1 heterocycles. The third kappa shape index (κ3) is 2.60. The number of carbonyl (C=O) groups is 1. The van der Waals surface area contributed by atoms with E-state index in [1.807, 2.05) is 38.1 Å². The first kappa shape index (κ1) is 15.9. The van der Waals surface area contributed by atoms with Crippen LogP contribution in [0, 0.1) is 12.8 Å². The van der Waals surface area contributed by atoms with E-state index in [4.69, 9.17) is 16.8 Å². The number of hydroxylamine groups is 1. The van der Waals surface area contributed by atoms with E-state index in [-0.39, 0.29) is 11.8 Å². The van der Waals surface area contributed by atoms with E-state index in [1.165, 1.54) is 0 Å². The lowest BCUT2D eigenvalue weighted by molar-refractivity contribution is -0.130. The predicted octanol–water partition coefficient (Wildman–Crippen LogP) is 3.06. The number of rotatable bonds is 4. The van der Waals surface area contributed by atoms with Crippen LogP contribution in [0.5, 0.6) is 0 Å². The molecule has 1 aliphatic rings. The Balaban J connectivity index is 1.85. The minimum Gasteiger partial charge on any atom is -0.289 e. The Hall–Kier alpha value is -1.98. The second-order valence-corrected chi connectivity index (χ2v) is 6.53. The number of nitrogens with one attached hydrogen (secondary N) is 1. The summed E-state index contributed by atoms with van der Waals surface area (Å²) in [6, 6.07) is 7.75. The lowest BCUT2D eigenvalue weighted by Gasteiger charge is -2.07. The van der Waals surface area contributed by atoms with Gasteiger partial charge in [-0.1, -0.05) is 37.6 Å². The van der Waals surface area contributed by atoms with Gasteiger partial charge in [-0.2, -0.15) is 0 Å². The van der Waals surface area contributed by atoms with Crippen molar-refractivity contribution in [3.05, 3.63) is 47.8 Å². The molecule has 6 heteroatoms. The van der Waals surface area contributed by atoms with Gasteiger partial charge in [-0.05, 0) is 24.0 Å². The summed E-state index contributed by atoms with van der Waals surface area (Å²) in [5, 5.41) is 8.90. The van der Waals surface area contributed by atoms with E-state index in [9.17, 15) is 4.79 Å². The van der Waals surface area contributed by atoms with Crippen molar-refractivity contribution in [2.75, 3.05) is 0 Å². The third-order valence-electron chi connectivity index (χ3n) is 4.48. The fraction of sp³-hybridized carbons (Fsp3) is 0.353. The number of amides is 1. The number of benzene rings is 1. The monoisotopic (exact) mass is 331 g/mol. The second kappa shape index (κ2) is 5.91. The van der Waals surface area contributed by atoms with E-state index < -0.39 is 10.8 Å². The van der Waals surface area contributed by atoms with Gasteiger partial charge in [0.05, 0.1) is 0 Å². The van der Waals surface area contributed by atoms with Crippen LogP contribution >= 0.6 is 11.6 Å². The highest BCUT2D eigenvalue weighted by atomic mass is 35.5. The molecule has 0 bridgehead atoms. The first-order valence-electron chi connectivity index (χ1n) is 7.54. The zero-order valence-electron chi connectivity index (χ0n) is 13.0.